The van der Waals surface area contributed by atoms with Crippen molar-refractivity contribution in [3.05, 3.63) is 76.7 Å². The molecular weight excluding hydrogens is 406 g/mol. The number of aliphatic hydroxyl groups excluding tert-OH is 1. The average molecular weight is 424 g/mol. The molecule has 0 spiro atoms. The first-order valence-corrected chi connectivity index (χ1v) is 9.37. The fraction of sp³-hybridized carbons (Fsp3) is 0.150. The minimum atomic E-state index is -0.0624. The third-order valence-electron chi connectivity index (χ3n) is 4.42. The maximum atomic E-state index is 9.52. The van der Waals surface area contributed by atoms with Gasteiger partial charge in [-0.25, -0.2) is 15.0 Å². The van der Waals surface area contributed by atoms with E-state index in [4.69, 9.17) is 4.98 Å². The van der Waals surface area contributed by atoms with Crippen LogP contribution in [0.1, 0.15) is 24.1 Å². The Hall–Kier alpha value is -2.77. The Morgan fingerprint density at radius 2 is 1.93 bits per heavy atom. The molecule has 0 saturated heterocycles. The van der Waals surface area contributed by atoms with Gasteiger partial charge in [-0.15, -0.1) is 0 Å². The van der Waals surface area contributed by atoms with E-state index in [-0.39, 0.29) is 12.6 Å². The smallest absolute Gasteiger partial charge is 0.223 e. The molecular formula is C20H18BrN5O. The fourth-order valence-corrected chi connectivity index (χ4v) is 3.40. The van der Waals surface area contributed by atoms with Crippen LogP contribution in [0.3, 0.4) is 0 Å². The summed E-state index contributed by atoms with van der Waals surface area (Å²) in [4.78, 5) is 13.5. The second-order valence-corrected chi connectivity index (χ2v) is 7.05. The lowest BCUT2D eigenvalue weighted by molar-refractivity contribution is 0.282. The third-order valence-corrected chi connectivity index (χ3v) is 5.00. The van der Waals surface area contributed by atoms with Gasteiger partial charge < -0.3 is 10.4 Å². The number of rotatable bonds is 5. The molecule has 0 bridgehead atoms. The van der Waals surface area contributed by atoms with Gasteiger partial charge in [0.25, 0.3) is 0 Å². The monoisotopic (exact) mass is 423 g/mol. The van der Waals surface area contributed by atoms with Gasteiger partial charge in [0.15, 0.2) is 0 Å². The molecule has 0 unspecified atom stereocenters. The van der Waals surface area contributed by atoms with Crippen LogP contribution >= 0.6 is 15.9 Å². The van der Waals surface area contributed by atoms with Crippen molar-refractivity contribution >= 4 is 27.5 Å². The Bertz CT molecular complexity index is 1080. The quantitative estimate of drug-likeness (QED) is 0.502. The van der Waals surface area contributed by atoms with Crippen LogP contribution in [0.4, 0.5) is 5.95 Å². The van der Waals surface area contributed by atoms with Crippen molar-refractivity contribution in [2.45, 2.75) is 19.6 Å². The SMILES string of the molecule is C[C@H](Nc1ncc(Br)c(-c2cnc3c(CO)cccn23)n1)c1ccccc1. The summed E-state index contributed by atoms with van der Waals surface area (Å²) < 4.78 is 2.69. The number of nitrogens with one attached hydrogen (secondary N) is 1. The van der Waals surface area contributed by atoms with E-state index in [0.29, 0.717) is 11.6 Å². The predicted molar refractivity (Wildman–Crippen MR) is 108 cm³/mol. The first-order chi connectivity index (χ1) is 13.2. The summed E-state index contributed by atoms with van der Waals surface area (Å²) in [6.07, 6.45) is 5.40. The molecule has 0 saturated carbocycles. The number of anilines is 1. The van der Waals surface area contributed by atoms with Crippen LogP contribution in [-0.2, 0) is 6.61 Å². The van der Waals surface area contributed by atoms with E-state index in [2.05, 4.69) is 50.3 Å². The molecule has 0 radical (unpaired) electrons. The number of aromatic nitrogens is 4. The van der Waals surface area contributed by atoms with Crippen molar-refractivity contribution < 1.29 is 5.11 Å². The molecule has 4 aromatic rings. The highest BCUT2D eigenvalue weighted by Crippen LogP contribution is 2.29. The Labute approximate surface area is 165 Å². The number of hydrogen-bond donors (Lipinski definition) is 2. The predicted octanol–water partition coefficient (Wildman–Crippen LogP) is 4.22. The lowest BCUT2D eigenvalue weighted by Crippen LogP contribution is -2.10. The molecule has 0 fully saturated rings. The normalized spacial score (nSPS) is 12.3. The van der Waals surface area contributed by atoms with Gasteiger partial charge in [-0.3, -0.25) is 4.40 Å². The molecule has 3 heterocycles. The Morgan fingerprint density at radius 3 is 2.70 bits per heavy atom. The topological polar surface area (TPSA) is 75.3 Å². The van der Waals surface area contributed by atoms with E-state index in [1.807, 2.05) is 40.9 Å². The Morgan fingerprint density at radius 1 is 1.11 bits per heavy atom. The van der Waals surface area contributed by atoms with Crippen LogP contribution in [0.15, 0.2) is 65.5 Å². The summed E-state index contributed by atoms with van der Waals surface area (Å²) in [5.74, 6) is 0.540. The van der Waals surface area contributed by atoms with Crippen molar-refractivity contribution in [1.29, 1.82) is 0 Å². The second-order valence-electron chi connectivity index (χ2n) is 6.20. The van der Waals surface area contributed by atoms with Gasteiger partial charge in [-0.2, -0.15) is 0 Å². The van der Waals surface area contributed by atoms with Crippen LogP contribution in [0.5, 0.6) is 0 Å². The van der Waals surface area contributed by atoms with Crippen LogP contribution in [0.2, 0.25) is 0 Å². The van der Waals surface area contributed by atoms with Crippen LogP contribution in [0, 0.1) is 0 Å². The molecule has 27 heavy (non-hydrogen) atoms. The van der Waals surface area contributed by atoms with Gasteiger partial charge in [0, 0.05) is 18.0 Å². The zero-order valence-corrected chi connectivity index (χ0v) is 16.3. The summed E-state index contributed by atoms with van der Waals surface area (Å²) >= 11 is 3.54. The summed E-state index contributed by atoms with van der Waals surface area (Å²) in [5.41, 5.74) is 4.20. The second kappa shape index (κ2) is 7.46. The third kappa shape index (κ3) is 3.43. The minimum Gasteiger partial charge on any atom is -0.392 e. The van der Waals surface area contributed by atoms with E-state index in [1.54, 1.807) is 12.4 Å². The molecule has 7 heteroatoms. The molecule has 0 aliphatic heterocycles. The molecule has 0 aliphatic rings. The van der Waals surface area contributed by atoms with E-state index in [9.17, 15) is 5.11 Å². The summed E-state index contributed by atoms with van der Waals surface area (Å²) in [7, 11) is 0. The number of halogens is 1. The highest BCUT2D eigenvalue weighted by Gasteiger charge is 2.15. The maximum absolute atomic E-state index is 9.52. The molecule has 6 nitrogen and oxygen atoms in total. The van der Waals surface area contributed by atoms with Gasteiger partial charge in [0.1, 0.15) is 11.3 Å². The van der Waals surface area contributed by atoms with Crippen LogP contribution in [-0.4, -0.2) is 24.5 Å². The first kappa shape index (κ1) is 17.6. The Kier molecular flexibility index (Phi) is 4.87. The maximum Gasteiger partial charge on any atom is 0.223 e. The van der Waals surface area contributed by atoms with E-state index in [0.717, 1.165) is 27.0 Å². The largest absolute Gasteiger partial charge is 0.392 e. The molecule has 0 aliphatic carbocycles. The molecule has 1 aromatic carbocycles. The van der Waals surface area contributed by atoms with Crippen molar-refractivity contribution in [3.8, 4) is 11.4 Å². The lowest BCUT2D eigenvalue weighted by Gasteiger charge is -2.15. The number of pyridine rings is 1. The average Bonchev–Trinajstić information content (AvgIpc) is 3.14. The zero-order chi connectivity index (χ0) is 18.8. The van der Waals surface area contributed by atoms with Crippen molar-refractivity contribution in [3.63, 3.8) is 0 Å². The summed E-state index contributed by atoms with van der Waals surface area (Å²) in [5, 5.41) is 12.9. The van der Waals surface area contributed by atoms with Crippen molar-refractivity contribution in [2.75, 3.05) is 5.32 Å². The number of imidazole rings is 1. The van der Waals surface area contributed by atoms with Crippen LogP contribution in [0.25, 0.3) is 17.0 Å². The van der Waals surface area contributed by atoms with E-state index < -0.39 is 0 Å². The standard InChI is InChI=1S/C20H18BrN5O/c1-13(14-6-3-2-4-7-14)24-20-23-10-16(21)18(25-20)17-11-22-19-15(12-27)8-5-9-26(17)19/h2-11,13,27H,12H2,1H3,(H,23,24,25)/t13-/m0/s1. The molecule has 4 rings (SSSR count). The lowest BCUT2D eigenvalue weighted by atomic mass is 10.1. The van der Waals surface area contributed by atoms with Gasteiger partial charge in [-0.1, -0.05) is 36.4 Å². The highest BCUT2D eigenvalue weighted by molar-refractivity contribution is 9.10. The molecule has 0 amide bonds. The molecule has 3 aromatic heterocycles. The van der Waals surface area contributed by atoms with Crippen molar-refractivity contribution in [1.82, 2.24) is 19.4 Å². The van der Waals surface area contributed by atoms with Gasteiger partial charge in [0.2, 0.25) is 5.95 Å². The Balaban J connectivity index is 1.71. The molecule has 1 atom stereocenters. The number of fused-ring (bicyclic) bond motifs is 1. The minimum absolute atomic E-state index is 0.0624. The molecule has 136 valence electrons. The van der Waals surface area contributed by atoms with Gasteiger partial charge in [0.05, 0.1) is 29.0 Å². The van der Waals surface area contributed by atoms with Crippen LogP contribution < -0.4 is 5.32 Å². The van der Waals surface area contributed by atoms with E-state index in [1.165, 1.54) is 0 Å². The zero-order valence-electron chi connectivity index (χ0n) is 14.7. The number of hydrogen-bond acceptors (Lipinski definition) is 5. The number of nitrogens with zero attached hydrogens (tertiary/aromatic N) is 4. The first-order valence-electron chi connectivity index (χ1n) is 8.57. The summed E-state index contributed by atoms with van der Waals surface area (Å²) in [6, 6.07) is 14.0. The van der Waals surface area contributed by atoms with Crippen molar-refractivity contribution in [2.24, 2.45) is 0 Å². The fourth-order valence-electron chi connectivity index (χ4n) is 3.00. The molecule has 2 N–H and O–H groups in total. The number of benzene rings is 1. The van der Waals surface area contributed by atoms with E-state index >= 15 is 0 Å². The summed E-state index contributed by atoms with van der Waals surface area (Å²) in [6.45, 7) is 2.01. The number of aliphatic hydroxyl groups is 1. The highest BCUT2D eigenvalue weighted by atomic mass is 79.9. The van der Waals surface area contributed by atoms with Gasteiger partial charge in [-0.05, 0) is 34.5 Å². The van der Waals surface area contributed by atoms with Gasteiger partial charge >= 0.3 is 0 Å².